The Balaban J connectivity index is 2.27. The molecular weight excluding hydrogens is 240 g/mol. The Kier molecular flexibility index (Phi) is 3.66. The maximum atomic E-state index is 10.0. The zero-order valence-corrected chi connectivity index (χ0v) is 10.9. The van der Waals surface area contributed by atoms with Gasteiger partial charge in [0.1, 0.15) is 11.6 Å². The summed E-state index contributed by atoms with van der Waals surface area (Å²) in [5.74, 6) is 0.490. The largest absolute Gasteiger partial charge is 0.506 e. The first-order valence-electron chi connectivity index (χ1n) is 5.88. The van der Waals surface area contributed by atoms with Crippen molar-refractivity contribution in [3.8, 4) is 11.4 Å². The molecule has 0 atom stereocenters. The van der Waals surface area contributed by atoms with Crippen molar-refractivity contribution >= 4 is 11.9 Å². The summed E-state index contributed by atoms with van der Waals surface area (Å²) in [5, 5.41) is 20.2. The SMILES string of the molecule is CNC(=N)/C=C/c1ccc(-n2cnc(C)c2)c(O)c1. The van der Waals surface area contributed by atoms with Crippen LogP contribution < -0.4 is 5.32 Å². The van der Waals surface area contributed by atoms with E-state index in [0.29, 0.717) is 11.5 Å². The molecule has 0 amide bonds. The van der Waals surface area contributed by atoms with Crippen molar-refractivity contribution in [1.82, 2.24) is 14.9 Å². The van der Waals surface area contributed by atoms with Gasteiger partial charge in [-0.05, 0) is 30.7 Å². The average Bonchev–Trinajstić information content (AvgIpc) is 2.82. The van der Waals surface area contributed by atoms with Crippen LogP contribution in [0.15, 0.2) is 36.8 Å². The van der Waals surface area contributed by atoms with E-state index in [1.54, 1.807) is 36.2 Å². The second-order valence-electron chi connectivity index (χ2n) is 4.17. The first-order chi connectivity index (χ1) is 9.10. The number of aromatic hydroxyl groups is 1. The number of hydrogen-bond donors (Lipinski definition) is 3. The maximum absolute atomic E-state index is 10.0. The van der Waals surface area contributed by atoms with E-state index in [1.807, 2.05) is 25.3 Å². The van der Waals surface area contributed by atoms with Crippen molar-refractivity contribution in [3.63, 3.8) is 0 Å². The van der Waals surface area contributed by atoms with Crippen molar-refractivity contribution in [1.29, 1.82) is 5.41 Å². The summed E-state index contributed by atoms with van der Waals surface area (Å²) in [5.41, 5.74) is 2.41. The van der Waals surface area contributed by atoms with E-state index < -0.39 is 0 Å². The van der Waals surface area contributed by atoms with E-state index in [9.17, 15) is 5.11 Å². The highest BCUT2D eigenvalue weighted by atomic mass is 16.3. The average molecular weight is 256 g/mol. The molecule has 0 radical (unpaired) electrons. The molecule has 1 heterocycles. The molecule has 0 bridgehead atoms. The van der Waals surface area contributed by atoms with Crippen LogP contribution in [-0.4, -0.2) is 27.5 Å². The number of phenolic OH excluding ortho intramolecular Hbond substituents is 1. The molecule has 98 valence electrons. The number of rotatable bonds is 3. The van der Waals surface area contributed by atoms with Crippen molar-refractivity contribution in [2.24, 2.45) is 0 Å². The van der Waals surface area contributed by atoms with Gasteiger partial charge in [-0.3, -0.25) is 5.41 Å². The molecule has 0 aliphatic rings. The van der Waals surface area contributed by atoms with Gasteiger partial charge in [-0.2, -0.15) is 0 Å². The first-order valence-corrected chi connectivity index (χ1v) is 5.88. The number of nitrogens with one attached hydrogen (secondary N) is 2. The van der Waals surface area contributed by atoms with E-state index in [2.05, 4.69) is 10.3 Å². The van der Waals surface area contributed by atoms with Crippen molar-refractivity contribution in [3.05, 3.63) is 48.1 Å². The van der Waals surface area contributed by atoms with E-state index in [4.69, 9.17) is 5.41 Å². The Morgan fingerprint density at radius 1 is 1.47 bits per heavy atom. The molecule has 2 aromatic rings. The van der Waals surface area contributed by atoms with Crippen LogP contribution in [0.3, 0.4) is 0 Å². The molecule has 0 aliphatic carbocycles. The number of likely N-dealkylation sites (N-methyl/N-ethyl adjacent to an activating group) is 1. The van der Waals surface area contributed by atoms with Crippen molar-refractivity contribution in [2.75, 3.05) is 7.05 Å². The lowest BCUT2D eigenvalue weighted by Crippen LogP contribution is -2.12. The summed E-state index contributed by atoms with van der Waals surface area (Å²) >= 11 is 0. The highest BCUT2D eigenvalue weighted by Gasteiger charge is 2.04. The van der Waals surface area contributed by atoms with Crippen LogP contribution in [0, 0.1) is 12.3 Å². The highest BCUT2D eigenvalue weighted by molar-refractivity contribution is 5.93. The fraction of sp³-hybridized carbons (Fsp3) is 0.143. The van der Waals surface area contributed by atoms with Crippen molar-refractivity contribution < 1.29 is 5.11 Å². The minimum atomic E-state index is 0.176. The molecule has 0 saturated heterocycles. The number of aromatic nitrogens is 2. The molecule has 0 saturated carbocycles. The van der Waals surface area contributed by atoms with Crippen LogP contribution in [0.4, 0.5) is 0 Å². The minimum Gasteiger partial charge on any atom is -0.506 e. The molecule has 1 aromatic heterocycles. The van der Waals surface area contributed by atoms with Gasteiger partial charge >= 0.3 is 0 Å². The topological polar surface area (TPSA) is 73.9 Å². The van der Waals surface area contributed by atoms with Gasteiger partial charge in [0.05, 0.1) is 17.7 Å². The fourth-order valence-corrected chi connectivity index (χ4v) is 1.68. The standard InChI is InChI=1S/C14H16N4O/c1-10-8-18(9-17-10)12-5-3-11(7-13(12)19)4-6-14(15)16-2/h3-9,19H,1-2H3,(H2,15,16)/b6-4+. The second-order valence-corrected chi connectivity index (χ2v) is 4.17. The van der Waals surface area contributed by atoms with Gasteiger partial charge in [0.2, 0.25) is 0 Å². The first kappa shape index (κ1) is 12.9. The number of amidine groups is 1. The molecule has 2 rings (SSSR count). The Morgan fingerprint density at radius 3 is 2.84 bits per heavy atom. The normalized spacial score (nSPS) is 10.8. The lowest BCUT2D eigenvalue weighted by molar-refractivity contribution is 0.472. The summed E-state index contributed by atoms with van der Waals surface area (Å²) in [6, 6.07) is 5.35. The summed E-state index contributed by atoms with van der Waals surface area (Å²) in [6.45, 7) is 1.90. The lowest BCUT2D eigenvalue weighted by atomic mass is 10.1. The van der Waals surface area contributed by atoms with E-state index in [1.165, 1.54) is 0 Å². The highest BCUT2D eigenvalue weighted by Crippen LogP contribution is 2.23. The van der Waals surface area contributed by atoms with Crippen LogP contribution in [-0.2, 0) is 0 Å². The molecule has 0 unspecified atom stereocenters. The zero-order valence-electron chi connectivity index (χ0n) is 10.9. The van der Waals surface area contributed by atoms with Crippen LogP contribution in [0.2, 0.25) is 0 Å². The van der Waals surface area contributed by atoms with E-state index >= 15 is 0 Å². The van der Waals surface area contributed by atoms with Crippen LogP contribution >= 0.6 is 0 Å². The van der Waals surface area contributed by atoms with Gasteiger partial charge in [0.25, 0.3) is 0 Å². The molecule has 5 heteroatoms. The Labute approximate surface area is 111 Å². The summed E-state index contributed by atoms with van der Waals surface area (Å²) in [4.78, 5) is 4.13. The smallest absolute Gasteiger partial charge is 0.140 e. The van der Waals surface area contributed by atoms with Crippen LogP contribution in [0.25, 0.3) is 11.8 Å². The maximum Gasteiger partial charge on any atom is 0.140 e. The third-order valence-electron chi connectivity index (χ3n) is 2.70. The molecule has 3 N–H and O–H groups in total. The molecule has 5 nitrogen and oxygen atoms in total. The van der Waals surface area contributed by atoms with Crippen LogP contribution in [0.5, 0.6) is 5.75 Å². The molecular formula is C14H16N4O. The molecule has 0 aliphatic heterocycles. The predicted molar refractivity (Wildman–Crippen MR) is 75.8 cm³/mol. The Hall–Kier alpha value is -2.56. The van der Waals surface area contributed by atoms with E-state index in [-0.39, 0.29) is 5.75 Å². The molecule has 0 spiro atoms. The lowest BCUT2D eigenvalue weighted by Gasteiger charge is -2.06. The van der Waals surface area contributed by atoms with Gasteiger partial charge in [0, 0.05) is 13.2 Å². The van der Waals surface area contributed by atoms with Gasteiger partial charge in [0.15, 0.2) is 0 Å². The quantitative estimate of drug-likeness (QED) is 0.581. The van der Waals surface area contributed by atoms with Crippen LogP contribution in [0.1, 0.15) is 11.3 Å². The number of imidazole rings is 1. The Morgan fingerprint density at radius 2 is 2.26 bits per heavy atom. The third kappa shape index (κ3) is 3.01. The summed E-state index contributed by atoms with van der Waals surface area (Å²) in [7, 11) is 1.69. The second kappa shape index (κ2) is 5.39. The number of benzene rings is 1. The van der Waals surface area contributed by atoms with Crippen molar-refractivity contribution in [2.45, 2.75) is 6.92 Å². The molecule has 19 heavy (non-hydrogen) atoms. The third-order valence-corrected chi connectivity index (χ3v) is 2.70. The molecule has 1 aromatic carbocycles. The number of aryl methyl sites for hydroxylation is 1. The number of hydrogen-bond acceptors (Lipinski definition) is 3. The van der Waals surface area contributed by atoms with Gasteiger partial charge < -0.3 is 15.0 Å². The fourth-order valence-electron chi connectivity index (χ4n) is 1.68. The zero-order chi connectivity index (χ0) is 13.8. The van der Waals surface area contributed by atoms with E-state index in [0.717, 1.165) is 11.3 Å². The summed E-state index contributed by atoms with van der Waals surface area (Å²) in [6.07, 6.45) is 6.91. The minimum absolute atomic E-state index is 0.176. The molecule has 0 fully saturated rings. The van der Waals surface area contributed by atoms with Gasteiger partial charge in [-0.15, -0.1) is 0 Å². The monoisotopic (exact) mass is 256 g/mol. The van der Waals surface area contributed by atoms with Gasteiger partial charge in [-0.25, -0.2) is 4.98 Å². The Bertz CT molecular complexity index is 628. The summed E-state index contributed by atoms with van der Waals surface area (Å²) < 4.78 is 1.77. The number of phenols is 1. The van der Waals surface area contributed by atoms with Gasteiger partial charge in [-0.1, -0.05) is 12.1 Å². The number of nitrogens with zero attached hydrogens (tertiary/aromatic N) is 2. The predicted octanol–water partition coefficient (Wildman–Crippen LogP) is 2.10.